The first kappa shape index (κ1) is 20.5. The van der Waals surface area contributed by atoms with Crippen LogP contribution in [-0.4, -0.2) is 50.5 Å². The smallest absolute Gasteiger partial charge is 0.211 e. The summed E-state index contributed by atoms with van der Waals surface area (Å²) in [5.41, 5.74) is 0. The molecule has 0 bridgehead atoms. The fraction of sp³-hybridized carbons (Fsp3) is 0.733. The number of isocyanates is 4. The molecule has 0 aromatic rings. The maximum absolute atomic E-state index is 10.4. The van der Waals surface area contributed by atoms with Crippen LogP contribution >= 0.6 is 0 Å². The SMILES string of the molecule is O=C=NCCCCC(CN=C=O)C(CCCN=C=O)CN=C=O. The van der Waals surface area contributed by atoms with Gasteiger partial charge in [-0.25, -0.2) is 39.1 Å². The molecule has 2 atom stereocenters. The van der Waals surface area contributed by atoms with E-state index < -0.39 is 0 Å². The molecule has 2 unspecified atom stereocenters. The van der Waals surface area contributed by atoms with E-state index in [-0.39, 0.29) is 11.8 Å². The Bertz CT molecular complexity index is 512. The Labute approximate surface area is 134 Å². The summed E-state index contributed by atoms with van der Waals surface area (Å²) in [4.78, 5) is 55.1. The number of hydrogen-bond donors (Lipinski definition) is 0. The Morgan fingerprint density at radius 3 is 1.48 bits per heavy atom. The summed E-state index contributed by atoms with van der Waals surface area (Å²) in [5.74, 6) is 0.0824. The second-order valence-corrected chi connectivity index (χ2v) is 4.97. The van der Waals surface area contributed by atoms with Crippen molar-refractivity contribution in [1.29, 1.82) is 0 Å². The van der Waals surface area contributed by atoms with Crippen LogP contribution in [-0.2, 0) is 19.2 Å². The van der Waals surface area contributed by atoms with Gasteiger partial charge in [0, 0.05) is 0 Å². The number of unbranched alkanes of at least 4 members (excludes halogenated alkanes) is 1. The second-order valence-electron chi connectivity index (χ2n) is 4.97. The molecule has 0 spiro atoms. The van der Waals surface area contributed by atoms with Crippen molar-refractivity contribution in [2.45, 2.75) is 32.1 Å². The summed E-state index contributed by atoms with van der Waals surface area (Å²) in [6.07, 6.45) is 9.66. The van der Waals surface area contributed by atoms with Gasteiger partial charge in [-0.3, -0.25) is 0 Å². The molecule has 0 rings (SSSR count). The van der Waals surface area contributed by atoms with E-state index in [9.17, 15) is 19.2 Å². The van der Waals surface area contributed by atoms with Gasteiger partial charge in [0.2, 0.25) is 24.3 Å². The standard InChI is InChI=1S/C15H20N4O4/c20-10-16-6-2-1-4-14(8-18-12-22)15(9-19-13-23)5-3-7-17-11-21/h14-15H,1-9H2. The van der Waals surface area contributed by atoms with E-state index in [1.165, 1.54) is 24.3 Å². The quantitative estimate of drug-likeness (QED) is 0.274. The van der Waals surface area contributed by atoms with E-state index in [1.54, 1.807) is 0 Å². The van der Waals surface area contributed by atoms with Crippen molar-refractivity contribution in [2.24, 2.45) is 31.8 Å². The van der Waals surface area contributed by atoms with E-state index in [0.717, 1.165) is 19.3 Å². The van der Waals surface area contributed by atoms with Crippen LogP contribution < -0.4 is 0 Å². The first-order chi connectivity index (χ1) is 11.3. The molecule has 124 valence electrons. The van der Waals surface area contributed by atoms with Gasteiger partial charge in [-0.05, 0) is 37.5 Å². The number of nitrogens with zero attached hydrogens (tertiary/aromatic N) is 4. The highest BCUT2D eigenvalue weighted by atomic mass is 16.1. The Kier molecular flexibility index (Phi) is 14.2. The molecule has 23 heavy (non-hydrogen) atoms. The summed E-state index contributed by atoms with van der Waals surface area (Å²) in [7, 11) is 0. The third kappa shape index (κ3) is 11.8. The Morgan fingerprint density at radius 2 is 1.00 bits per heavy atom. The molecule has 0 saturated carbocycles. The largest absolute Gasteiger partial charge is 0.234 e. The van der Waals surface area contributed by atoms with E-state index >= 15 is 0 Å². The highest BCUT2D eigenvalue weighted by molar-refractivity contribution is 5.33. The lowest BCUT2D eigenvalue weighted by Crippen LogP contribution is -2.21. The van der Waals surface area contributed by atoms with Crippen LogP contribution in [0.5, 0.6) is 0 Å². The van der Waals surface area contributed by atoms with Gasteiger partial charge in [-0.2, -0.15) is 0 Å². The lowest BCUT2D eigenvalue weighted by Gasteiger charge is -2.23. The van der Waals surface area contributed by atoms with Crippen molar-refractivity contribution in [2.75, 3.05) is 26.2 Å². The van der Waals surface area contributed by atoms with Crippen molar-refractivity contribution in [1.82, 2.24) is 0 Å². The predicted molar refractivity (Wildman–Crippen MR) is 82.0 cm³/mol. The molecule has 0 aromatic carbocycles. The van der Waals surface area contributed by atoms with Crippen LogP contribution in [0.2, 0.25) is 0 Å². The molecule has 0 heterocycles. The number of hydrogen-bond acceptors (Lipinski definition) is 8. The maximum Gasteiger partial charge on any atom is 0.234 e. The summed E-state index contributed by atoms with van der Waals surface area (Å²) in [6.45, 7) is 1.37. The van der Waals surface area contributed by atoms with E-state index in [0.29, 0.717) is 39.0 Å². The van der Waals surface area contributed by atoms with Crippen LogP contribution in [0.1, 0.15) is 32.1 Å². The zero-order valence-corrected chi connectivity index (χ0v) is 12.9. The van der Waals surface area contributed by atoms with Crippen LogP contribution in [0.25, 0.3) is 0 Å². The maximum atomic E-state index is 10.4. The lowest BCUT2D eigenvalue weighted by atomic mass is 9.84. The molecule has 0 saturated heterocycles. The van der Waals surface area contributed by atoms with Gasteiger partial charge < -0.3 is 0 Å². The van der Waals surface area contributed by atoms with Gasteiger partial charge in [0.15, 0.2) is 0 Å². The van der Waals surface area contributed by atoms with Crippen molar-refractivity contribution in [3.8, 4) is 0 Å². The molecule has 0 radical (unpaired) electrons. The van der Waals surface area contributed by atoms with Gasteiger partial charge in [0.1, 0.15) is 0 Å². The van der Waals surface area contributed by atoms with E-state index in [1.807, 2.05) is 0 Å². The highest BCUT2D eigenvalue weighted by Gasteiger charge is 2.20. The van der Waals surface area contributed by atoms with Crippen LogP contribution in [0.15, 0.2) is 20.0 Å². The topological polar surface area (TPSA) is 118 Å². The minimum absolute atomic E-state index is 0.0324. The van der Waals surface area contributed by atoms with E-state index in [4.69, 9.17) is 0 Å². The zero-order chi connectivity index (χ0) is 17.2. The van der Waals surface area contributed by atoms with Gasteiger partial charge >= 0.3 is 0 Å². The van der Waals surface area contributed by atoms with Crippen LogP contribution in [0.4, 0.5) is 0 Å². The van der Waals surface area contributed by atoms with Crippen molar-refractivity contribution >= 4 is 24.3 Å². The van der Waals surface area contributed by atoms with Gasteiger partial charge in [0.25, 0.3) is 0 Å². The molecular weight excluding hydrogens is 300 g/mol. The monoisotopic (exact) mass is 320 g/mol. The highest BCUT2D eigenvalue weighted by Crippen LogP contribution is 2.24. The Morgan fingerprint density at radius 1 is 0.565 bits per heavy atom. The minimum Gasteiger partial charge on any atom is -0.211 e. The molecule has 8 nitrogen and oxygen atoms in total. The second kappa shape index (κ2) is 15.9. The summed E-state index contributed by atoms with van der Waals surface area (Å²) >= 11 is 0. The number of rotatable bonds is 14. The van der Waals surface area contributed by atoms with Crippen LogP contribution in [0.3, 0.4) is 0 Å². The normalized spacial score (nSPS) is 11.8. The fourth-order valence-electron chi connectivity index (χ4n) is 2.38. The summed E-state index contributed by atoms with van der Waals surface area (Å²) in [6, 6.07) is 0. The molecule has 0 N–H and O–H groups in total. The lowest BCUT2D eigenvalue weighted by molar-refractivity contribution is 0.298. The first-order valence-corrected chi connectivity index (χ1v) is 7.44. The van der Waals surface area contributed by atoms with Gasteiger partial charge in [-0.1, -0.05) is 6.42 Å². The molecule has 0 aliphatic heterocycles. The summed E-state index contributed by atoms with van der Waals surface area (Å²) < 4.78 is 0. The number of carbonyl (C=O) groups excluding carboxylic acids is 4. The molecular formula is C15H20N4O4. The molecule has 0 aliphatic rings. The van der Waals surface area contributed by atoms with E-state index in [2.05, 4.69) is 20.0 Å². The molecule has 0 aromatic heterocycles. The zero-order valence-electron chi connectivity index (χ0n) is 12.9. The molecule has 8 heteroatoms. The predicted octanol–water partition coefficient (Wildman–Crippen LogP) is 1.51. The van der Waals surface area contributed by atoms with Crippen molar-refractivity contribution in [3.05, 3.63) is 0 Å². The first-order valence-electron chi connectivity index (χ1n) is 7.44. The molecule has 0 aliphatic carbocycles. The Hall–Kier alpha value is -2.48. The van der Waals surface area contributed by atoms with Gasteiger partial charge in [-0.15, -0.1) is 0 Å². The van der Waals surface area contributed by atoms with Crippen molar-refractivity contribution in [3.63, 3.8) is 0 Å². The number of aliphatic imine (C=N–C) groups is 4. The van der Waals surface area contributed by atoms with Crippen molar-refractivity contribution < 1.29 is 19.2 Å². The van der Waals surface area contributed by atoms with Gasteiger partial charge in [0.05, 0.1) is 26.2 Å². The average Bonchev–Trinajstić information content (AvgIpc) is 2.57. The third-order valence-electron chi connectivity index (χ3n) is 3.52. The molecule has 0 fully saturated rings. The Balaban J connectivity index is 4.66. The average molecular weight is 320 g/mol. The minimum atomic E-state index is 0.0324. The van der Waals surface area contributed by atoms with Crippen LogP contribution in [0, 0.1) is 11.8 Å². The molecule has 0 amide bonds. The fourth-order valence-corrected chi connectivity index (χ4v) is 2.38. The summed E-state index contributed by atoms with van der Waals surface area (Å²) in [5, 5.41) is 0. The third-order valence-corrected chi connectivity index (χ3v) is 3.52.